The molecule has 1 aliphatic rings. The molecule has 1 atom stereocenters. The molecule has 1 heterocycles. The van der Waals surface area contributed by atoms with Gasteiger partial charge in [0.25, 0.3) is 0 Å². The van der Waals surface area contributed by atoms with E-state index in [2.05, 4.69) is 32.9 Å². The quantitative estimate of drug-likeness (QED) is 0.767. The maximum Gasteiger partial charge on any atom is 0.313 e. The van der Waals surface area contributed by atoms with Crippen LogP contribution in [0.15, 0.2) is 29.2 Å². The monoisotopic (exact) mass is 379 g/mol. The first-order chi connectivity index (χ1) is 12.2. The number of methoxy groups -OCH3 is 1. The Morgan fingerprint density at radius 3 is 2.46 bits per heavy atom. The second-order valence-electron chi connectivity index (χ2n) is 8.00. The number of hydrogen-bond acceptors (Lipinski definition) is 4. The molecule has 1 saturated heterocycles. The van der Waals surface area contributed by atoms with Crippen molar-refractivity contribution in [2.75, 3.05) is 32.6 Å². The first-order valence-electron chi connectivity index (χ1n) is 8.91. The van der Waals surface area contributed by atoms with Crippen LogP contribution in [0.3, 0.4) is 0 Å². The van der Waals surface area contributed by atoms with Crippen molar-refractivity contribution in [2.24, 2.45) is 5.41 Å². The highest BCUT2D eigenvalue weighted by Crippen LogP contribution is 2.32. The fraction of sp³-hybridized carbons (Fsp3) is 0.600. The van der Waals surface area contributed by atoms with Gasteiger partial charge in [0.05, 0.1) is 12.4 Å². The van der Waals surface area contributed by atoms with Crippen molar-refractivity contribution >= 4 is 23.6 Å². The first-order valence-corrected chi connectivity index (χ1v) is 9.90. The summed E-state index contributed by atoms with van der Waals surface area (Å²) in [6.07, 6.45) is 1.23. The summed E-state index contributed by atoms with van der Waals surface area (Å²) in [5, 5.41) is 9.60. The number of likely N-dealkylation sites (tertiary alicyclic amines) is 1. The van der Waals surface area contributed by atoms with E-state index >= 15 is 0 Å². The molecule has 0 radical (unpaired) electrons. The topological polar surface area (TPSA) is 66.8 Å². The molecule has 1 aromatic carbocycles. The lowest BCUT2D eigenvalue weighted by atomic mass is 9.80. The minimum atomic E-state index is -0.984. The van der Waals surface area contributed by atoms with Gasteiger partial charge in [-0.2, -0.15) is 0 Å². The summed E-state index contributed by atoms with van der Waals surface area (Å²) in [5.41, 5.74) is 0.380. The van der Waals surface area contributed by atoms with Gasteiger partial charge in [0.1, 0.15) is 5.41 Å². The summed E-state index contributed by atoms with van der Waals surface area (Å²) in [4.78, 5) is 27.0. The molecule has 1 unspecified atom stereocenters. The Morgan fingerprint density at radius 2 is 1.92 bits per heavy atom. The lowest BCUT2D eigenvalue weighted by Gasteiger charge is -2.39. The van der Waals surface area contributed by atoms with Crippen molar-refractivity contribution in [3.63, 3.8) is 0 Å². The van der Waals surface area contributed by atoms with E-state index in [4.69, 9.17) is 4.74 Å². The largest absolute Gasteiger partial charge is 0.481 e. The van der Waals surface area contributed by atoms with Gasteiger partial charge in [0.15, 0.2) is 0 Å². The second-order valence-corrected chi connectivity index (χ2v) is 9.05. The number of carboxylic acid groups (broad SMARTS) is 1. The Morgan fingerprint density at radius 1 is 1.27 bits per heavy atom. The van der Waals surface area contributed by atoms with E-state index in [0.29, 0.717) is 25.1 Å². The third-order valence-electron chi connectivity index (χ3n) is 4.89. The number of carbonyl (C=O) groups excluding carboxylic acids is 1. The van der Waals surface area contributed by atoms with Crippen LogP contribution in [-0.4, -0.2) is 54.4 Å². The van der Waals surface area contributed by atoms with Gasteiger partial charge in [-0.25, -0.2) is 0 Å². The van der Waals surface area contributed by atoms with Crippen molar-refractivity contribution < 1.29 is 19.4 Å². The van der Waals surface area contributed by atoms with Crippen molar-refractivity contribution in [3.8, 4) is 0 Å². The molecule has 5 nitrogen and oxygen atoms in total. The van der Waals surface area contributed by atoms with Gasteiger partial charge in [-0.05, 0) is 36.0 Å². The van der Waals surface area contributed by atoms with E-state index < -0.39 is 11.4 Å². The summed E-state index contributed by atoms with van der Waals surface area (Å²) >= 11 is 1.49. The van der Waals surface area contributed by atoms with Crippen molar-refractivity contribution in [1.29, 1.82) is 0 Å². The lowest BCUT2D eigenvalue weighted by Crippen LogP contribution is -2.52. The number of rotatable bonds is 6. The zero-order chi connectivity index (χ0) is 19.4. The SMILES string of the molecule is COCC1(C(=O)O)CCCN(C(=O)CSc2ccc(C(C)(C)C)cc2)C1. The van der Waals surface area contributed by atoms with Gasteiger partial charge in [-0.1, -0.05) is 32.9 Å². The Hall–Kier alpha value is -1.53. The number of hydrogen-bond donors (Lipinski definition) is 1. The molecule has 1 N–H and O–H groups in total. The van der Waals surface area contributed by atoms with Crippen LogP contribution in [0, 0.1) is 5.41 Å². The third kappa shape index (κ3) is 5.01. The Labute approximate surface area is 160 Å². The number of amides is 1. The van der Waals surface area contributed by atoms with Crippen LogP contribution in [-0.2, 0) is 19.7 Å². The average molecular weight is 380 g/mol. The van der Waals surface area contributed by atoms with Gasteiger partial charge in [-0.15, -0.1) is 11.8 Å². The summed E-state index contributed by atoms with van der Waals surface area (Å²) in [7, 11) is 1.50. The second kappa shape index (κ2) is 8.44. The van der Waals surface area contributed by atoms with Crippen LogP contribution in [0.2, 0.25) is 0 Å². The van der Waals surface area contributed by atoms with Gasteiger partial charge < -0.3 is 14.7 Å². The van der Waals surface area contributed by atoms with Crippen molar-refractivity contribution in [1.82, 2.24) is 4.90 Å². The first kappa shape index (κ1) is 20.8. The smallest absolute Gasteiger partial charge is 0.313 e. The number of carbonyl (C=O) groups is 2. The Kier molecular flexibility index (Phi) is 6.74. The minimum absolute atomic E-state index is 0.0173. The summed E-state index contributed by atoms with van der Waals surface area (Å²) in [6, 6.07) is 8.28. The number of nitrogens with zero attached hydrogens (tertiary/aromatic N) is 1. The number of carboxylic acids is 1. The third-order valence-corrected chi connectivity index (χ3v) is 5.88. The molecular weight excluding hydrogens is 350 g/mol. The predicted octanol–water partition coefficient (Wildman–Crippen LogP) is 3.42. The Bertz CT molecular complexity index is 634. The molecule has 0 saturated carbocycles. The van der Waals surface area contributed by atoms with Crippen LogP contribution in [0.4, 0.5) is 0 Å². The lowest BCUT2D eigenvalue weighted by molar-refractivity contribution is -0.158. The van der Waals surface area contributed by atoms with Crippen LogP contribution in [0.5, 0.6) is 0 Å². The van der Waals surface area contributed by atoms with Crippen LogP contribution in [0.1, 0.15) is 39.2 Å². The fourth-order valence-corrected chi connectivity index (χ4v) is 4.06. The molecule has 0 spiro atoms. The highest BCUT2D eigenvalue weighted by Gasteiger charge is 2.43. The summed E-state index contributed by atoms with van der Waals surface area (Å²) in [5.74, 6) is -0.587. The highest BCUT2D eigenvalue weighted by atomic mass is 32.2. The van der Waals surface area contributed by atoms with E-state index in [1.165, 1.54) is 24.4 Å². The molecule has 0 aliphatic carbocycles. The molecular formula is C20H29NO4S. The fourth-order valence-electron chi connectivity index (χ4n) is 3.26. The number of ether oxygens (including phenoxy) is 1. The van der Waals surface area contributed by atoms with E-state index in [1.54, 1.807) is 4.90 Å². The Balaban J connectivity index is 1.96. The number of piperidine rings is 1. The molecule has 2 rings (SSSR count). The normalized spacial score (nSPS) is 20.8. The zero-order valence-corrected chi connectivity index (χ0v) is 16.9. The molecule has 1 aliphatic heterocycles. The maximum absolute atomic E-state index is 12.6. The summed E-state index contributed by atoms with van der Waals surface area (Å²) in [6.45, 7) is 7.48. The molecule has 1 fully saturated rings. The van der Waals surface area contributed by atoms with E-state index in [9.17, 15) is 14.7 Å². The molecule has 1 aromatic rings. The van der Waals surface area contributed by atoms with E-state index in [0.717, 1.165) is 4.90 Å². The molecule has 6 heteroatoms. The standard InChI is InChI=1S/C20H29NO4S/c1-19(2,3)15-6-8-16(9-7-15)26-12-17(22)21-11-5-10-20(13-21,14-25-4)18(23)24/h6-9H,5,10-14H2,1-4H3,(H,23,24). The molecule has 144 valence electrons. The van der Waals surface area contributed by atoms with Gasteiger partial charge >= 0.3 is 5.97 Å². The van der Waals surface area contributed by atoms with Crippen LogP contribution in [0.25, 0.3) is 0 Å². The van der Waals surface area contributed by atoms with Gasteiger partial charge in [0, 0.05) is 25.1 Å². The molecule has 26 heavy (non-hydrogen) atoms. The predicted molar refractivity (Wildman–Crippen MR) is 104 cm³/mol. The zero-order valence-electron chi connectivity index (χ0n) is 16.1. The van der Waals surface area contributed by atoms with Crippen LogP contribution < -0.4 is 0 Å². The number of aliphatic carboxylic acids is 1. The minimum Gasteiger partial charge on any atom is -0.481 e. The summed E-state index contributed by atoms with van der Waals surface area (Å²) < 4.78 is 5.12. The molecule has 1 amide bonds. The van der Waals surface area contributed by atoms with Crippen LogP contribution >= 0.6 is 11.8 Å². The number of thioether (sulfide) groups is 1. The van der Waals surface area contributed by atoms with Gasteiger partial charge in [-0.3, -0.25) is 9.59 Å². The van der Waals surface area contributed by atoms with Crippen molar-refractivity contribution in [3.05, 3.63) is 29.8 Å². The maximum atomic E-state index is 12.6. The van der Waals surface area contributed by atoms with Crippen molar-refractivity contribution in [2.45, 2.75) is 43.9 Å². The average Bonchev–Trinajstić information content (AvgIpc) is 2.59. The van der Waals surface area contributed by atoms with E-state index in [1.807, 2.05) is 12.1 Å². The van der Waals surface area contributed by atoms with Gasteiger partial charge in [0.2, 0.25) is 5.91 Å². The molecule has 0 bridgehead atoms. The van der Waals surface area contributed by atoms with E-state index in [-0.39, 0.29) is 24.5 Å². The number of benzene rings is 1. The molecule has 0 aromatic heterocycles. The highest BCUT2D eigenvalue weighted by molar-refractivity contribution is 8.00.